The maximum Gasteiger partial charge on any atom is 0.141 e. The maximum absolute atomic E-state index is 11.9. The molecule has 2 aromatic carbocycles. The average molecular weight is 279 g/mol. The Hall–Kier alpha value is -1.31. The summed E-state index contributed by atoms with van der Waals surface area (Å²) in [5, 5.41) is 1.13. The molecular formula is C15H12Cl2O. The summed E-state index contributed by atoms with van der Waals surface area (Å²) in [7, 11) is 0. The number of ketones is 1. The number of Topliss-reactive ketones (excluding diaryl/α,β-unsaturated/α-hetero) is 1. The Bertz CT molecular complexity index is 550. The molecule has 0 saturated heterocycles. The number of carbonyl (C=O) groups is 1. The van der Waals surface area contributed by atoms with E-state index in [-0.39, 0.29) is 5.78 Å². The van der Waals surface area contributed by atoms with Gasteiger partial charge in [0.1, 0.15) is 5.78 Å². The molecule has 0 N–H and O–H groups in total. The molecule has 0 aliphatic carbocycles. The number of hydrogen-bond acceptors (Lipinski definition) is 1. The van der Waals surface area contributed by atoms with Crippen LogP contribution in [0.5, 0.6) is 0 Å². The molecule has 0 bridgehead atoms. The van der Waals surface area contributed by atoms with Crippen molar-refractivity contribution < 1.29 is 4.79 Å². The molecule has 0 saturated carbocycles. The SMILES string of the molecule is O=C(Cc1ccccc1)Cc1ccc(Cl)cc1Cl. The standard InChI is InChI=1S/C15H12Cl2O/c16-13-7-6-12(15(17)10-13)9-14(18)8-11-4-2-1-3-5-11/h1-7,10H,8-9H2. The Balaban J connectivity index is 2.03. The van der Waals surface area contributed by atoms with Gasteiger partial charge in [-0.1, -0.05) is 59.6 Å². The molecular weight excluding hydrogens is 267 g/mol. The van der Waals surface area contributed by atoms with E-state index >= 15 is 0 Å². The fraction of sp³-hybridized carbons (Fsp3) is 0.133. The topological polar surface area (TPSA) is 17.1 Å². The number of carbonyl (C=O) groups excluding carboxylic acids is 1. The van der Waals surface area contributed by atoms with Gasteiger partial charge in [0.05, 0.1) is 0 Å². The van der Waals surface area contributed by atoms with E-state index in [1.54, 1.807) is 18.2 Å². The van der Waals surface area contributed by atoms with Crippen molar-refractivity contribution in [2.24, 2.45) is 0 Å². The molecule has 0 heterocycles. The largest absolute Gasteiger partial charge is 0.299 e. The minimum atomic E-state index is 0.144. The van der Waals surface area contributed by atoms with Crippen LogP contribution in [0.1, 0.15) is 11.1 Å². The van der Waals surface area contributed by atoms with Crippen molar-refractivity contribution in [1.29, 1.82) is 0 Å². The van der Waals surface area contributed by atoms with Crippen LogP contribution in [0.3, 0.4) is 0 Å². The van der Waals surface area contributed by atoms with Gasteiger partial charge in [-0.25, -0.2) is 0 Å². The predicted octanol–water partition coefficient (Wildman–Crippen LogP) is 4.35. The lowest BCUT2D eigenvalue weighted by atomic mass is 10.0. The third-order valence-electron chi connectivity index (χ3n) is 2.65. The maximum atomic E-state index is 11.9. The molecule has 0 fully saturated rings. The van der Waals surface area contributed by atoms with Gasteiger partial charge in [0.25, 0.3) is 0 Å². The second-order valence-corrected chi connectivity index (χ2v) is 4.96. The van der Waals surface area contributed by atoms with Crippen LogP contribution in [0.15, 0.2) is 48.5 Å². The van der Waals surface area contributed by atoms with E-state index in [1.165, 1.54) is 0 Å². The zero-order chi connectivity index (χ0) is 13.0. The minimum absolute atomic E-state index is 0.144. The fourth-order valence-electron chi connectivity index (χ4n) is 1.76. The molecule has 3 heteroatoms. The van der Waals surface area contributed by atoms with Crippen LogP contribution in [0, 0.1) is 0 Å². The molecule has 0 amide bonds. The van der Waals surface area contributed by atoms with E-state index in [0.29, 0.717) is 22.9 Å². The summed E-state index contributed by atoms with van der Waals surface area (Å²) >= 11 is 11.9. The molecule has 18 heavy (non-hydrogen) atoms. The van der Waals surface area contributed by atoms with E-state index in [1.807, 2.05) is 30.3 Å². The van der Waals surface area contributed by atoms with Crippen molar-refractivity contribution in [1.82, 2.24) is 0 Å². The third-order valence-corrected chi connectivity index (χ3v) is 3.23. The summed E-state index contributed by atoms with van der Waals surface area (Å²) in [5.74, 6) is 0.144. The highest BCUT2D eigenvalue weighted by atomic mass is 35.5. The molecule has 1 nitrogen and oxygen atoms in total. The zero-order valence-corrected chi connectivity index (χ0v) is 11.2. The summed E-state index contributed by atoms with van der Waals surface area (Å²) in [6.45, 7) is 0. The van der Waals surface area contributed by atoms with Crippen LogP contribution in [0.25, 0.3) is 0 Å². The fourth-order valence-corrected chi connectivity index (χ4v) is 2.24. The Morgan fingerprint density at radius 3 is 2.33 bits per heavy atom. The summed E-state index contributed by atoms with van der Waals surface area (Å²) in [6, 6.07) is 14.9. The van der Waals surface area contributed by atoms with Gasteiger partial charge >= 0.3 is 0 Å². The lowest BCUT2D eigenvalue weighted by Gasteiger charge is -2.04. The molecule has 0 aliphatic heterocycles. The van der Waals surface area contributed by atoms with Crippen molar-refractivity contribution in [2.45, 2.75) is 12.8 Å². The smallest absolute Gasteiger partial charge is 0.141 e. The van der Waals surface area contributed by atoms with E-state index in [4.69, 9.17) is 23.2 Å². The Kier molecular flexibility index (Phi) is 4.40. The molecule has 92 valence electrons. The Morgan fingerprint density at radius 2 is 1.67 bits per heavy atom. The molecule has 0 spiro atoms. The highest BCUT2D eigenvalue weighted by Gasteiger charge is 2.08. The van der Waals surface area contributed by atoms with Gasteiger partial charge in [0.2, 0.25) is 0 Å². The van der Waals surface area contributed by atoms with Gasteiger partial charge in [-0.05, 0) is 23.3 Å². The van der Waals surface area contributed by atoms with Gasteiger partial charge in [-0.2, -0.15) is 0 Å². The van der Waals surface area contributed by atoms with Crippen molar-refractivity contribution in [3.8, 4) is 0 Å². The minimum Gasteiger partial charge on any atom is -0.299 e. The van der Waals surface area contributed by atoms with Crippen LogP contribution in [0.2, 0.25) is 10.0 Å². The third kappa shape index (κ3) is 3.59. The van der Waals surface area contributed by atoms with E-state index < -0.39 is 0 Å². The van der Waals surface area contributed by atoms with E-state index in [0.717, 1.165) is 11.1 Å². The average Bonchev–Trinajstić information content (AvgIpc) is 2.34. The lowest BCUT2D eigenvalue weighted by molar-refractivity contribution is -0.117. The first-order chi connectivity index (χ1) is 8.65. The second kappa shape index (κ2) is 6.03. The molecule has 0 radical (unpaired) electrons. The van der Waals surface area contributed by atoms with Crippen LogP contribution < -0.4 is 0 Å². The van der Waals surface area contributed by atoms with Crippen molar-refractivity contribution in [3.05, 3.63) is 69.7 Å². The van der Waals surface area contributed by atoms with Crippen LogP contribution >= 0.6 is 23.2 Å². The van der Waals surface area contributed by atoms with E-state index in [9.17, 15) is 4.79 Å². The van der Waals surface area contributed by atoms with Gasteiger partial charge in [0.15, 0.2) is 0 Å². The summed E-state index contributed by atoms with van der Waals surface area (Å²) in [5.41, 5.74) is 1.84. The van der Waals surface area contributed by atoms with E-state index in [2.05, 4.69) is 0 Å². The highest BCUT2D eigenvalue weighted by Crippen LogP contribution is 2.21. The highest BCUT2D eigenvalue weighted by molar-refractivity contribution is 6.35. The van der Waals surface area contributed by atoms with Gasteiger partial charge < -0.3 is 0 Å². The van der Waals surface area contributed by atoms with Crippen molar-refractivity contribution in [2.75, 3.05) is 0 Å². The van der Waals surface area contributed by atoms with Crippen LogP contribution in [-0.2, 0) is 17.6 Å². The normalized spacial score (nSPS) is 10.3. The molecule has 0 atom stereocenters. The first-order valence-electron chi connectivity index (χ1n) is 5.65. The number of benzene rings is 2. The molecule has 0 aromatic heterocycles. The quantitative estimate of drug-likeness (QED) is 0.813. The Labute approximate surface area is 116 Å². The lowest BCUT2D eigenvalue weighted by Crippen LogP contribution is -2.06. The molecule has 2 aromatic rings. The van der Waals surface area contributed by atoms with Gasteiger partial charge in [-0.3, -0.25) is 4.79 Å². The monoisotopic (exact) mass is 278 g/mol. The van der Waals surface area contributed by atoms with Crippen molar-refractivity contribution >= 4 is 29.0 Å². The predicted molar refractivity (Wildman–Crippen MR) is 75.3 cm³/mol. The van der Waals surface area contributed by atoms with Gasteiger partial charge in [-0.15, -0.1) is 0 Å². The Morgan fingerprint density at radius 1 is 0.944 bits per heavy atom. The number of halogens is 2. The number of rotatable bonds is 4. The van der Waals surface area contributed by atoms with Crippen LogP contribution in [0.4, 0.5) is 0 Å². The first-order valence-corrected chi connectivity index (χ1v) is 6.40. The van der Waals surface area contributed by atoms with Crippen LogP contribution in [-0.4, -0.2) is 5.78 Å². The molecule has 0 aliphatic rings. The van der Waals surface area contributed by atoms with Gasteiger partial charge in [0, 0.05) is 22.9 Å². The molecule has 0 unspecified atom stereocenters. The zero-order valence-electron chi connectivity index (χ0n) is 9.70. The first kappa shape index (κ1) is 13.1. The van der Waals surface area contributed by atoms with Crippen molar-refractivity contribution in [3.63, 3.8) is 0 Å². The number of hydrogen-bond donors (Lipinski definition) is 0. The summed E-state index contributed by atoms with van der Waals surface area (Å²) < 4.78 is 0. The summed E-state index contributed by atoms with van der Waals surface area (Å²) in [4.78, 5) is 11.9. The summed E-state index contributed by atoms with van der Waals surface area (Å²) in [6.07, 6.45) is 0.769. The second-order valence-electron chi connectivity index (χ2n) is 4.11. The molecule has 2 rings (SSSR count).